The van der Waals surface area contributed by atoms with Crippen LogP contribution in [0.15, 0.2) is 12.2 Å². The standard InChI is InChI=1S/C14H20O3S/c1-2-17-18(15,16)12-7-10-6-11(12)14-9-4-3-8(5-9)13(10)14/h3-4,8-14H,2,5-7H2,1H3. The van der Waals surface area contributed by atoms with Gasteiger partial charge in [-0.3, -0.25) is 4.18 Å². The molecule has 0 saturated heterocycles. The SMILES string of the molecule is CCOS(=O)(=O)C1CC2CC1C1C3C=CC(C3)C21. The van der Waals surface area contributed by atoms with E-state index in [0.29, 0.717) is 23.7 Å². The zero-order valence-electron chi connectivity index (χ0n) is 10.7. The zero-order chi connectivity index (χ0) is 12.5. The van der Waals surface area contributed by atoms with Gasteiger partial charge >= 0.3 is 0 Å². The topological polar surface area (TPSA) is 43.4 Å². The Labute approximate surface area is 109 Å². The molecule has 4 rings (SSSR count). The van der Waals surface area contributed by atoms with Gasteiger partial charge in [0.15, 0.2) is 0 Å². The number of hydrogen-bond acceptors (Lipinski definition) is 3. The van der Waals surface area contributed by atoms with Crippen molar-refractivity contribution in [2.75, 3.05) is 6.61 Å². The molecule has 0 heterocycles. The molecule has 4 bridgehead atoms. The predicted octanol–water partition coefficient (Wildman–Crippen LogP) is 2.20. The summed E-state index contributed by atoms with van der Waals surface area (Å²) in [5.41, 5.74) is 0. The van der Waals surface area contributed by atoms with E-state index in [2.05, 4.69) is 12.2 Å². The second-order valence-electron chi connectivity index (χ2n) is 6.44. The number of rotatable bonds is 3. The summed E-state index contributed by atoms with van der Waals surface area (Å²) >= 11 is 0. The third-order valence-electron chi connectivity index (χ3n) is 5.86. The van der Waals surface area contributed by atoms with Crippen LogP contribution in [0.2, 0.25) is 0 Å². The molecule has 0 aromatic heterocycles. The average molecular weight is 268 g/mol. The molecule has 3 saturated carbocycles. The Morgan fingerprint density at radius 3 is 2.56 bits per heavy atom. The summed E-state index contributed by atoms with van der Waals surface area (Å²) in [6.07, 6.45) is 7.99. The van der Waals surface area contributed by atoms with Crippen molar-refractivity contribution in [1.82, 2.24) is 0 Å². The van der Waals surface area contributed by atoms with E-state index in [1.807, 2.05) is 0 Å². The number of allylic oxidation sites excluding steroid dienone is 2. The lowest BCUT2D eigenvalue weighted by molar-refractivity contribution is 0.199. The summed E-state index contributed by atoms with van der Waals surface area (Å²) in [6, 6.07) is 0. The lowest BCUT2D eigenvalue weighted by Crippen LogP contribution is -2.38. The van der Waals surface area contributed by atoms with Crippen molar-refractivity contribution in [1.29, 1.82) is 0 Å². The Bertz CT molecular complexity index is 495. The van der Waals surface area contributed by atoms with Crippen LogP contribution in [0.3, 0.4) is 0 Å². The molecule has 7 atom stereocenters. The van der Waals surface area contributed by atoms with E-state index in [1.165, 1.54) is 6.42 Å². The smallest absolute Gasteiger partial charge is 0.270 e. The zero-order valence-corrected chi connectivity index (χ0v) is 11.5. The molecule has 4 heteroatoms. The molecule has 0 spiro atoms. The fourth-order valence-electron chi connectivity index (χ4n) is 5.54. The van der Waals surface area contributed by atoms with Crippen LogP contribution >= 0.6 is 0 Å². The Morgan fingerprint density at radius 2 is 1.83 bits per heavy atom. The van der Waals surface area contributed by atoms with Gasteiger partial charge in [-0.15, -0.1) is 0 Å². The van der Waals surface area contributed by atoms with Crippen LogP contribution in [0.4, 0.5) is 0 Å². The molecule has 3 nitrogen and oxygen atoms in total. The molecule has 0 amide bonds. The van der Waals surface area contributed by atoms with Crippen molar-refractivity contribution in [3.8, 4) is 0 Å². The van der Waals surface area contributed by atoms with Crippen LogP contribution in [0, 0.1) is 35.5 Å². The second-order valence-corrected chi connectivity index (χ2v) is 8.26. The molecular weight excluding hydrogens is 248 g/mol. The Hall–Kier alpha value is -0.350. The summed E-state index contributed by atoms with van der Waals surface area (Å²) < 4.78 is 29.4. The largest absolute Gasteiger partial charge is 0.270 e. The van der Waals surface area contributed by atoms with E-state index in [4.69, 9.17) is 4.18 Å². The van der Waals surface area contributed by atoms with E-state index in [9.17, 15) is 8.42 Å². The highest BCUT2D eigenvalue weighted by Gasteiger charge is 2.63. The molecule has 4 aliphatic carbocycles. The molecule has 3 fully saturated rings. The van der Waals surface area contributed by atoms with Gasteiger partial charge in [-0.1, -0.05) is 12.2 Å². The maximum atomic E-state index is 12.2. The summed E-state index contributed by atoms with van der Waals surface area (Å²) in [5.74, 6) is 3.86. The Morgan fingerprint density at radius 1 is 1.11 bits per heavy atom. The Kier molecular flexibility index (Phi) is 2.30. The number of hydrogen-bond donors (Lipinski definition) is 0. The lowest BCUT2D eigenvalue weighted by Gasteiger charge is -2.35. The normalized spacial score (nSPS) is 52.2. The molecule has 0 aromatic rings. The summed E-state index contributed by atoms with van der Waals surface area (Å²) in [6.45, 7) is 2.03. The molecular formula is C14H20O3S. The highest BCUT2D eigenvalue weighted by Crippen LogP contribution is 2.66. The molecule has 0 aliphatic heterocycles. The van der Waals surface area contributed by atoms with E-state index >= 15 is 0 Å². The molecule has 0 N–H and O–H groups in total. The van der Waals surface area contributed by atoms with Crippen molar-refractivity contribution in [3.63, 3.8) is 0 Å². The highest BCUT2D eigenvalue weighted by atomic mass is 32.2. The van der Waals surface area contributed by atoms with Crippen LogP contribution in [0.5, 0.6) is 0 Å². The minimum absolute atomic E-state index is 0.212. The summed E-state index contributed by atoms with van der Waals surface area (Å²) in [7, 11) is -3.32. The monoisotopic (exact) mass is 268 g/mol. The summed E-state index contributed by atoms with van der Waals surface area (Å²) in [5, 5.41) is -0.212. The van der Waals surface area contributed by atoms with Crippen LogP contribution in [-0.4, -0.2) is 20.3 Å². The van der Waals surface area contributed by atoms with Crippen molar-refractivity contribution >= 4 is 10.1 Å². The Balaban J connectivity index is 1.64. The van der Waals surface area contributed by atoms with E-state index in [1.54, 1.807) is 6.92 Å². The first-order valence-corrected chi connectivity index (χ1v) is 8.65. The van der Waals surface area contributed by atoms with Crippen molar-refractivity contribution < 1.29 is 12.6 Å². The van der Waals surface area contributed by atoms with Gasteiger partial charge in [0.05, 0.1) is 11.9 Å². The average Bonchev–Trinajstić information content (AvgIpc) is 3.07. The molecule has 0 aromatic carbocycles. The minimum atomic E-state index is -3.32. The van der Waals surface area contributed by atoms with Gasteiger partial charge in [0.1, 0.15) is 0 Å². The molecule has 0 radical (unpaired) electrons. The maximum Gasteiger partial charge on any atom is 0.270 e. The summed E-state index contributed by atoms with van der Waals surface area (Å²) in [4.78, 5) is 0. The van der Waals surface area contributed by atoms with Crippen LogP contribution in [0.1, 0.15) is 26.2 Å². The second kappa shape index (κ2) is 3.60. The van der Waals surface area contributed by atoms with Gasteiger partial charge < -0.3 is 0 Å². The quantitative estimate of drug-likeness (QED) is 0.448. The van der Waals surface area contributed by atoms with Gasteiger partial charge in [0.2, 0.25) is 0 Å². The van der Waals surface area contributed by atoms with Crippen molar-refractivity contribution in [2.24, 2.45) is 35.5 Å². The fourth-order valence-corrected chi connectivity index (χ4v) is 7.25. The first-order chi connectivity index (χ1) is 8.62. The third kappa shape index (κ3) is 1.31. The van der Waals surface area contributed by atoms with Gasteiger partial charge in [-0.05, 0) is 61.7 Å². The van der Waals surface area contributed by atoms with Crippen LogP contribution in [0.25, 0.3) is 0 Å². The first kappa shape index (κ1) is 11.5. The fraction of sp³-hybridized carbons (Fsp3) is 0.857. The van der Waals surface area contributed by atoms with Gasteiger partial charge in [0.25, 0.3) is 10.1 Å². The molecule has 100 valence electrons. The van der Waals surface area contributed by atoms with Gasteiger partial charge in [0, 0.05) is 0 Å². The minimum Gasteiger partial charge on any atom is -0.270 e. The van der Waals surface area contributed by atoms with Crippen molar-refractivity contribution in [3.05, 3.63) is 12.2 Å². The van der Waals surface area contributed by atoms with Crippen LogP contribution < -0.4 is 0 Å². The molecule has 7 unspecified atom stereocenters. The van der Waals surface area contributed by atoms with Gasteiger partial charge in [-0.25, -0.2) is 0 Å². The third-order valence-corrected chi connectivity index (χ3v) is 7.71. The van der Waals surface area contributed by atoms with E-state index < -0.39 is 10.1 Å². The molecule has 4 aliphatic rings. The van der Waals surface area contributed by atoms with Gasteiger partial charge in [-0.2, -0.15) is 8.42 Å². The lowest BCUT2D eigenvalue weighted by atomic mass is 9.73. The highest BCUT2D eigenvalue weighted by molar-refractivity contribution is 7.87. The van der Waals surface area contributed by atoms with Crippen molar-refractivity contribution in [2.45, 2.75) is 31.4 Å². The maximum absolute atomic E-state index is 12.2. The van der Waals surface area contributed by atoms with E-state index in [-0.39, 0.29) is 11.9 Å². The first-order valence-electron chi connectivity index (χ1n) is 7.18. The molecule has 18 heavy (non-hydrogen) atoms. The predicted molar refractivity (Wildman–Crippen MR) is 68.3 cm³/mol. The number of fused-ring (bicyclic) bond motifs is 9. The van der Waals surface area contributed by atoms with Crippen LogP contribution in [-0.2, 0) is 14.3 Å². The van der Waals surface area contributed by atoms with E-state index in [0.717, 1.165) is 24.7 Å².